The Morgan fingerprint density at radius 1 is 1.04 bits per heavy atom. The maximum Gasteiger partial charge on any atom is 0.275 e. The zero-order valence-electron chi connectivity index (χ0n) is 14.6. The van der Waals surface area contributed by atoms with E-state index >= 15 is 0 Å². The largest absolute Gasteiger partial charge is 0.351 e. The first-order valence-corrected chi connectivity index (χ1v) is 8.69. The molecule has 1 amide bonds. The van der Waals surface area contributed by atoms with E-state index in [0.29, 0.717) is 18.6 Å². The van der Waals surface area contributed by atoms with E-state index in [1.165, 1.54) is 4.68 Å². The molecule has 6 heteroatoms. The van der Waals surface area contributed by atoms with Gasteiger partial charge in [-0.05, 0) is 13.0 Å². The SMILES string of the molecule is CC1CN(Cn2nc(-c3ccccc3)c3ccccc3c2=O)CC(=O)N1. The summed E-state index contributed by atoms with van der Waals surface area (Å²) < 4.78 is 1.47. The van der Waals surface area contributed by atoms with Gasteiger partial charge in [-0.2, -0.15) is 5.10 Å². The van der Waals surface area contributed by atoms with Crippen LogP contribution in [0.4, 0.5) is 0 Å². The maximum atomic E-state index is 12.9. The minimum Gasteiger partial charge on any atom is -0.351 e. The molecule has 1 aliphatic heterocycles. The van der Waals surface area contributed by atoms with E-state index in [-0.39, 0.29) is 24.1 Å². The van der Waals surface area contributed by atoms with Crippen molar-refractivity contribution < 1.29 is 4.79 Å². The summed E-state index contributed by atoms with van der Waals surface area (Å²) in [5, 5.41) is 9.01. The van der Waals surface area contributed by atoms with Crippen LogP contribution in [0.15, 0.2) is 59.4 Å². The number of piperazine rings is 1. The van der Waals surface area contributed by atoms with E-state index in [1.807, 2.05) is 66.4 Å². The molecule has 0 radical (unpaired) electrons. The topological polar surface area (TPSA) is 67.2 Å². The molecule has 1 unspecified atom stereocenters. The van der Waals surface area contributed by atoms with Crippen molar-refractivity contribution in [1.29, 1.82) is 0 Å². The van der Waals surface area contributed by atoms with Crippen molar-refractivity contribution in [2.24, 2.45) is 0 Å². The fourth-order valence-corrected chi connectivity index (χ4v) is 3.46. The zero-order valence-corrected chi connectivity index (χ0v) is 14.6. The summed E-state index contributed by atoms with van der Waals surface area (Å²) in [6, 6.07) is 17.4. The number of carbonyl (C=O) groups is 1. The lowest BCUT2D eigenvalue weighted by molar-refractivity contribution is -0.126. The highest BCUT2D eigenvalue weighted by Crippen LogP contribution is 2.24. The molecule has 0 spiro atoms. The predicted octanol–water partition coefficient (Wildman–Crippen LogP) is 1.84. The van der Waals surface area contributed by atoms with Gasteiger partial charge in [0.05, 0.1) is 24.3 Å². The van der Waals surface area contributed by atoms with Crippen molar-refractivity contribution in [3.63, 3.8) is 0 Å². The molecule has 6 nitrogen and oxygen atoms in total. The average molecular weight is 348 g/mol. The van der Waals surface area contributed by atoms with Gasteiger partial charge in [-0.1, -0.05) is 48.5 Å². The molecule has 1 aliphatic rings. The number of amides is 1. The quantitative estimate of drug-likeness (QED) is 0.784. The molecule has 1 atom stereocenters. The highest BCUT2D eigenvalue weighted by Gasteiger charge is 2.22. The Morgan fingerprint density at radius 3 is 2.46 bits per heavy atom. The van der Waals surface area contributed by atoms with E-state index in [2.05, 4.69) is 10.4 Å². The van der Waals surface area contributed by atoms with Crippen LogP contribution in [0.2, 0.25) is 0 Å². The number of rotatable bonds is 3. The minimum absolute atomic E-state index is 0.0270. The molecule has 2 aromatic carbocycles. The summed E-state index contributed by atoms with van der Waals surface area (Å²) in [5.74, 6) is -0.0270. The van der Waals surface area contributed by atoms with Gasteiger partial charge in [-0.15, -0.1) is 0 Å². The van der Waals surface area contributed by atoms with Crippen LogP contribution in [0.25, 0.3) is 22.0 Å². The maximum absolute atomic E-state index is 12.9. The molecule has 1 aromatic heterocycles. The van der Waals surface area contributed by atoms with Gasteiger partial charge in [-0.3, -0.25) is 14.5 Å². The molecule has 0 aliphatic carbocycles. The van der Waals surface area contributed by atoms with Crippen LogP contribution in [-0.2, 0) is 11.5 Å². The first-order valence-electron chi connectivity index (χ1n) is 8.69. The highest BCUT2D eigenvalue weighted by atomic mass is 16.2. The second kappa shape index (κ2) is 6.72. The number of hydrogen-bond donors (Lipinski definition) is 1. The lowest BCUT2D eigenvalue weighted by atomic mass is 10.1. The van der Waals surface area contributed by atoms with Gasteiger partial charge in [0, 0.05) is 23.5 Å². The number of hydrogen-bond acceptors (Lipinski definition) is 4. The first kappa shape index (κ1) is 16.5. The predicted molar refractivity (Wildman–Crippen MR) is 101 cm³/mol. The third-order valence-electron chi connectivity index (χ3n) is 4.56. The second-order valence-corrected chi connectivity index (χ2v) is 6.69. The molecule has 1 saturated heterocycles. The monoisotopic (exact) mass is 348 g/mol. The van der Waals surface area contributed by atoms with Gasteiger partial charge in [0.1, 0.15) is 0 Å². The standard InChI is InChI=1S/C20H20N4O2/c1-14-11-23(12-18(25)21-14)13-24-20(26)17-10-6-5-9-16(17)19(22-24)15-7-3-2-4-8-15/h2-10,14H,11-13H2,1H3,(H,21,25). The number of benzene rings is 2. The highest BCUT2D eigenvalue weighted by molar-refractivity contribution is 5.93. The Bertz CT molecular complexity index is 1010. The second-order valence-electron chi connectivity index (χ2n) is 6.69. The van der Waals surface area contributed by atoms with Crippen LogP contribution in [0, 0.1) is 0 Å². The molecule has 26 heavy (non-hydrogen) atoms. The molecule has 2 heterocycles. The van der Waals surface area contributed by atoms with Crippen molar-refractivity contribution in [3.05, 3.63) is 65.0 Å². The van der Waals surface area contributed by atoms with E-state index in [9.17, 15) is 9.59 Å². The third kappa shape index (κ3) is 3.11. The van der Waals surface area contributed by atoms with E-state index < -0.39 is 0 Å². The molecule has 1 fully saturated rings. The molecule has 0 saturated carbocycles. The van der Waals surface area contributed by atoms with Crippen LogP contribution in [0.1, 0.15) is 6.92 Å². The molecule has 1 N–H and O–H groups in total. The minimum atomic E-state index is -0.140. The number of nitrogens with one attached hydrogen (secondary N) is 1. The van der Waals surface area contributed by atoms with Gasteiger partial charge < -0.3 is 5.32 Å². The van der Waals surface area contributed by atoms with Gasteiger partial charge in [0.2, 0.25) is 5.91 Å². The summed E-state index contributed by atoms with van der Waals surface area (Å²) in [6.07, 6.45) is 0. The van der Waals surface area contributed by atoms with Crippen molar-refractivity contribution >= 4 is 16.7 Å². The number of nitrogens with zero attached hydrogens (tertiary/aromatic N) is 3. The number of carbonyl (C=O) groups excluding carboxylic acids is 1. The van der Waals surface area contributed by atoms with Gasteiger partial charge >= 0.3 is 0 Å². The third-order valence-corrected chi connectivity index (χ3v) is 4.56. The van der Waals surface area contributed by atoms with E-state index in [0.717, 1.165) is 16.6 Å². The summed E-state index contributed by atoms with van der Waals surface area (Å²) in [7, 11) is 0. The van der Waals surface area contributed by atoms with E-state index in [4.69, 9.17) is 0 Å². The van der Waals surface area contributed by atoms with Crippen molar-refractivity contribution in [3.8, 4) is 11.3 Å². The normalized spacial score (nSPS) is 18.0. The lowest BCUT2D eigenvalue weighted by Crippen LogP contribution is -2.53. The van der Waals surface area contributed by atoms with Crippen LogP contribution < -0.4 is 10.9 Å². The average Bonchev–Trinajstić information content (AvgIpc) is 2.64. The van der Waals surface area contributed by atoms with Crippen molar-refractivity contribution in [2.45, 2.75) is 19.6 Å². The summed E-state index contributed by atoms with van der Waals surface area (Å²) in [4.78, 5) is 26.7. The molecular formula is C20H20N4O2. The Morgan fingerprint density at radius 2 is 1.73 bits per heavy atom. The van der Waals surface area contributed by atoms with Gasteiger partial charge in [0.25, 0.3) is 5.56 Å². The molecule has 0 bridgehead atoms. The summed E-state index contributed by atoms with van der Waals surface area (Å²) in [5.41, 5.74) is 1.59. The first-order chi connectivity index (χ1) is 12.6. The Labute approximate surface area is 151 Å². The van der Waals surface area contributed by atoms with Gasteiger partial charge in [-0.25, -0.2) is 4.68 Å². The Balaban J connectivity index is 1.81. The van der Waals surface area contributed by atoms with Crippen LogP contribution in [0.5, 0.6) is 0 Å². The van der Waals surface area contributed by atoms with Crippen LogP contribution in [0.3, 0.4) is 0 Å². The zero-order chi connectivity index (χ0) is 18.1. The molecular weight excluding hydrogens is 328 g/mol. The fourth-order valence-electron chi connectivity index (χ4n) is 3.46. The summed E-state index contributed by atoms with van der Waals surface area (Å²) >= 11 is 0. The van der Waals surface area contributed by atoms with E-state index in [1.54, 1.807) is 0 Å². The smallest absolute Gasteiger partial charge is 0.275 e. The van der Waals surface area contributed by atoms with Crippen molar-refractivity contribution in [2.75, 3.05) is 13.1 Å². The summed E-state index contributed by atoms with van der Waals surface area (Å²) in [6.45, 7) is 3.20. The van der Waals surface area contributed by atoms with Gasteiger partial charge in [0.15, 0.2) is 0 Å². The van der Waals surface area contributed by atoms with Crippen LogP contribution in [-0.4, -0.2) is 39.7 Å². The number of aromatic nitrogens is 2. The number of fused-ring (bicyclic) bond motifs is 1. The molecule has 4 rings (SSSR count). The Hall–Kier alpha value is -2.99. The lowest BCUT2D eigenvalue weighted by Gasteiger charge is -2.31. The molecule has 3 aromatic rings. The van der Waals surface area contributed by atoms with Crippen LogP contribution >= 0.6 is 0 Å². The Kier molecular flexibility index (Phi) is 4.26. The van der Waals surface area contributed by atoms with Crippen molar-refractivity contribution in [1.82, 2.24) is 20.0 Å². The fraction of sp³-hybridized carbons (Fsp3) is 0.250. The molecule has 132 valence electrons.